The van der Waals surface area contributed by atoms with Crippen LogP contribution in [0.1, 0.15) is 41.2 Å². The van der Waals surface area contributed by atoms with Crippen molar-refractivity contribution in [2.75, 3.05) is 32.7 Å². The minimum atomic E-state index is -0.0466. The normalized spacial score (nSPS) is 17.6. The number of hydrogen-bond acceptors (Lipinski definition) is 4. The van der Waals surface area contributed by atoms with Crippen molar-refractivity contribution in [2.45, 2.75) is 32.9 Å². The van der Waals surface area contributed by atoms with Crippen molar-refractivity contribution < 1.29 is 9.59 Å². The Kier molecular flexibility index (Phi) is 5.99. The highest BCUT2D eigenvalue weighted by Crippen LogP contribution is 2.22. The highest BCUT2D eigenvalue weighted by atomic mass is 16.2. The summed E-state index contributed by atoms with van der Waals surface area (Å²) in [4.78, 5) is 31.8. The highest BCUT2D eigenvalue weighted by Gasteiger charge is 2.31. The van der Waals surface area contributed by atoms with Gasteiger partial charge in [0.1, 0.15) is 0 Å². The number of hydrogen-bond donors (Lipinski definition) is 1. The summed E-state index contributed by atoms with van der Waals surface area (Å²) in [5.74, 6) is -0.0836. The van der Waals surface area contributed by atoms with Gasteiger partial charge in [0.05, 0.1) is 6.54 Å². The van der Waals surface area contributed by atoms with E-state index in [4.69, 9.17) is 0 Å². The lowest BCUT2D eigenvalue weighted by Crippen LogP contribution is -2.51. The molecule has 0 aliphatic carbocycles. The van der Waals surface area contributed by atoms with E-state index in [1.807, 2.05) is 41.3 Å². The summed E-state index contributed by atoms with van der Waals surface area (Å²) in [6.07, 6.45) is 4.11. The van der Waals surface area contributed by atoms with Gasteiger partial charge in [-0.3, -0.25) is 19.6 Å². The van der Waals surface area contributed by atoms with Gasteiger partial charge in [0.25, 0.3) is 5.91 Å². The molecule has 3 heterocycles. The zero-order chi connectivity index (χ0) is 21.1. The minimum absolute atomic E-state index is 0.0370. The topological polar surface area (TPSA) is 72.5 Å². The average molecular weight is 408 g/mol. The van der Waals surface area contributed by atoms with Crippen LogP contribution < -0.4 is 0 Å². The van der Waals surface area contributed by atoms with Crippen molar-refractivity contribution in [3.05, 3.63) is 58.9 Å². The Morgan fingerprint density at radius 2 is 1.77 bits per heavy atom. The molecule has 0 unspecified atom stereocenters. The Bertz CT molecular complexity index is 926. The number of benzene rings is 1. The second kappa shape index (κ2) is 8.83. The summed E-state index contributed by atoms with van der Waals surface area (Å²) in [6, 6.07) is 10.3. The van der Waals surface area contributed by atoms with Gasteiger partial charge >= 0.3 is 0 Å². The number of fused-ring (bicyclic) bond motifs is 1. The van der Waals surface area contributed by atoms with E-state index in [9.17, 15) is 9.59 Å². The summed E-state index contributed by atoms with van der Waals surface area (Å²) in [7, 11) is 0. The molecule has 4 rings (SSSR count). The molecule has 0 saturated carbocycles. The highest BCUT2D eigenvalue weighted by molar-refractivity contribution is 5.95. The minimum Gasteiger partial charge on any atom is -0.335 e. The third-order valence-corrected chi connectivity index (χ3v) is 6.00. The number of rotatable bonds is 4. The lowest BCUT2D eigenvalue weighted by molar-refractivity contribution is -0.126. The molecule has 2 aliphatic rings. The number of aromatic nitrogens is 2. The van der Waals surface area contributed by atoms with E-state index in [0.29, 0.717) is 44.3 Å². The molecule has 0 spiro atoms. The fraction of sp³-hybridized carbons (Fsp3) is 0.435. The van der Waals surface area contributed by atoms with E-state index in [2.05, 4.69) is 28.9 Å². The Hall–Kier alpha value is -2.93. The van der Waals surface area contributed by atoms with Crippen LogP contribution >= 0.6 is 0 Å². The van der Waals surface area contributed by atoms with Crippen LogP contribution in [0.25, 0.3) is 6.08 Å². The smallest absolute Gasteiger partial charge is 0.274 e. The standard InChI is InChI=1S/C23H29N5O2/c1-17(2)26-12-14-27(15-13-26)23(30)22-19-16-28(11-10-20(19)24-25-22)21(29)9-8-18-6-4-3-5-7-18/h3-9,17H,10-16H2,1-2H3,(H,24,25)/b9-8+. The molecule has 2 aromatic rings. The van der Waals surface area contributed by atoms with Gasteiger partial charge in [-0.25, -0.2) is 0 Å². The number of carbonyl (C=O) groups excluding carboxylic acids is 2. The molecule has 1 aromatic carbocycles. The van der Waals surface area contributed by atoms with E-state index >= 15 is 0 Å². The first kappa shape index (κ1) is 20.3. The molecule has 0 atom stereocenters. The molecule has 158 valence electrons. The largest absolute Gasteiger partial charge is 0.335 e. The van der Waals surface area contributed by atoms with Crippen LogP contribution in [0.2, 0.25) is 0 Å². The number of carbonyl (C=O) groups is 2. The van der Waals surface area contributed by atoms with Gasteiger partial charge in [-0.15, -0.1) is 0 Å². The Labute approximate surface area is 177 Å². The monoisotopic (exact) mass is 407 g/mol. The van der Waals surface area contributed by atoms with Gasteiger partial charge in [-0.2, -0.15) is 5.10 Å². The molecule has 30 heavy (non-hydrogen) atoms. The van der Waals surface area contributed by atoms with Crippen molar-refractivity contribution in [1.82, 2.24) is 24.9 Å². The van der Waals surface area contributed by atoms with Crippen molar-refractivity contribution >= 4 is 17.9 Å². The maximum Gasteiger partial charge on any atom is 0.274 e. The quantitative estimate of drug-likeness (QED) is 0.789. The lowest BCUT2D eigenvalue weighted by atomic mass is 10.0. The van der Waals surface area contributed by atoms with Crippen LogP contribution in [-0.2, 0) is 17.8 Å². The summed E-state index contributed by atoms with van der Waals surface area (Å²) >= 11 is 0. The van der Waals surface area contributed by atoms with Crippen molar-refractivity contribution in [3.8, 4) is 0 Å². The third-order valence-electron chi connectivity index (χ3n) is 6.00. The van der Waals surface area contributed by atoms with Gasteiger partial charge in [0, 0.05) is 62.5 Å². The van der Waals surface area contributed by atoms with Gasteiger partial charge in [0.15, 0.2) is 5.69 Å². The SMILES string of the molecule is CC(C)N1CCN(C(=O)c2n[nH]c3c2CN(C(=O)/C=C/c2ccccc2)CC3)CC1. The molecule has 1 aromatic heterocycles. The van der Waals surface area contributed by atoms with Crippen LogP contribution in [0.5, 0.6) is 0 Å². The number of H-pyrrole nitrogens is 1. The zero-order valence-electron chi connectivity index (χ0n) is 17.7. The maximum atomic E-state index is 13.1. The van der Waals surface area contributed by atoms with Gasteiger partial charge in [-0.1, -0.05) is 30.3 Å². The second-order valence-electron chi connectivity index (χ2n) is 8.21. The summed E-state index contributed by atoms with van der Waals surface area (Å²) in [6.45, 7) is 8.57. The van der Waals surface area contributed by atoms with E-state index in [1.54, 1.807) is 11.0 Å². The summed E-state index contributed by atoms with van der Waals surface area (Å²) < 4.78 is 0. The van der Waals surface area contributed by atoms with Gasteiger partial charge in [0.2, 0.25) is 5.91 Å². The first-order valence-corrected chi connectivity index (χ1v) is 10.6. The number of piperazine rings is 1. The Morgan fingerprint density at radius 3 is 2.47 bits per heavy atom. The molecule has 7 heteroatoms. The molecule has 2 aliphatic heterocycles. The van der Waals surface area contributed by atoms with Crippen LogP contribution in [0.4, 0.5) is 0 Å². The van der Waals surface area contributed by atoms with Crippen molar-refractivity contribution in [2.24, 2.45) is 0 Å². The first-order valence-electron chi connectivity index (χ1n) is 10.6. The zero-order valence-corrected chi connectivity index (χ0v) is 17.7. The predicted molar refractivity (Wildman–Crippen MR) is 116 cm³/mol. The number of aromatic amines is 1. The average Bonchev–Trinajstić information content (AvgIpc) is 3.21. The lowest BCUT2D eigenvalue weighted by Gasteiger charge is -2.36. The number of nitrogens with zero attached hydrogens (tertiary/aromatic N) is 4. The molecule has 1 fully saturated rings. The van der Waals surface area contributed by atoms with E-state index in [1.165, 1.54) is 0 Å². The second-order valence-corrected chi connectivity index (χ2v) is 8.21. The van der Waals surface area contributed by atoms with Crippen LogP contribution in [-0.4, -0.2) is 75.5 Å². The maximum absolute atomic E-state index is 13.1. The van der Waals surface area contributed by atoms with E-state index in [-0.39, 0.29) is 11.8 Å². The van der Waals surface area contributed by atoms with E-state index < -0.39 is 0 Å². The molecule has 1 saturated heterocycles. The summed E-state index contributed by atoms with van der Waals surface area (Å²) in [5.41, 5.74) is 3.28. The van der Waals surface area contributed by atoms with Crippen LogP contribution in [0, 0.1) is 0 Å². The Balaban J connectivity index is 1.43. The molecule has 0 bridgehead atoms. The fourth-order valence-corrected chi connectivity index (χ4v) is 4.09. The van der Waals surface area contributed by atoms with Crippen LogP contribution in [0.3, 0.4) is 0 Å². The number of nitrogens with one attached hydrogen (secondary N) is 1. The number of amides is 2. The van der Waals surface area contributed by atoms with E-state index in [0.717, 1.165) is 29.9 Å². The van der Waals surface area contributed by atoms with Crippen molar-refractivity contribution in [1.29, 1.82) is 0 Å². The molecule has 7 nitrogen and oxygen atoms in total. The molecule has 1 N–H and O–H groups in total. The molecule has 2 amide bonds. The first-order chi connectivity index (χ1) is 14.5. The summed E-state index contributed by atoms with van der Waals surface area (Å²) in [5, 5.41) is 7.36. The van der Waals surface area contributed by atoms with Crippen LogP contribution in [0.15, 0.2) is 36.4 Å². The van der Waals surface area contributed by atoms with Crippen molar-refractivity contribution in [3.63, 3.8) is 0 Å². The van der Waals surface area contributed by atoms with Gasteiger partial charge < -0.3 is 9.80 Å². The molecular formula is C23H29N5O2. The molecular weight excluding hydrogens is 378 g/mol. The Morgan fingerprint density at radius 1 is 1.03 bits per heavy atom. The third kappa shape index (κ3) is 4.31. The fourth-order valence-electron chi connectivity index (χ4n) is 4.09. The molecule has 0 radical (unpaired) electrons. The van der Waals surface area contributed by atoms with Gasteiger partial charge in [-0.05, 0) is 25.5 Å². The predicted octanol–water partition coefficient (Wildman–Crippen LogP) is 2.17.